The first-order valence-electron chi connectivity index (χ1n) is 6.77. The van der Waals surface area contributed by atoms with Crippen molar-refractivity contribution in [1.29, 1.82) is 0 Å². The molecule has 106 valence electrons. The van der Waals surface area contributed by atoms with Gasteiger partial charge < -0.3 is 16.0 Å². The second-order valence-electron chi connectivity index (χ2n) is 5.15. The number of primary amides is 1. The molecule has 0 aliphatic heterocycles. The highest BCUT2D eigenvalue weighted by atomic mass is 16.2. The monoisotopic (exact) mass is 263 g/mol. The number of hydrogen-bond donors (Lipinski definition) is 2. The molecule has 0 bridgehead atoms. The van der Waals surface area contributed by atoms with E-state index in [1.165, 1.54) is 16.7 Å². The third-order valence-electron chi connectivity index (χ3n) is 3.29. The van der Waals surface area contributed by atoms with Gasteiger partial charge in [0.05, 0.1) is 0 Å². The molecule has 0 spiro atoms. The number of urea groups is 1. The predicted octanol–water partition coefficient (Wildman–Crippen LogP) is 2.18. The van der Waals surface area contributed by atoms with Crippen LogP contribution in [-0.4, -0.2) is 31.1 Å². The molecule has 0 heterocycles. The summed E-state index contributed by atoms with van der Waals surface area (Å²) in [7, 11) is 2.12. The summed E-state index contributed by atoms with van der Waals surface area (Å²) in [6.45, 7) is 6.92. The lowest BCUT2D eigenvalue weighted by atomic mass is 10.1. The Labute approximate surface area is 116 Å². The normalized spacial score (nSPS) is 10.7. The van der Waals surface area contributed by atoms with Gasteiger partial charge in [0.1, 0.15) is 0 Å². The molecule has 0 unspecified atom stereocenters. The number of nitrogens with one attached hydrogen (secondary N) is 1. The Morgan fingerprint density at radius 3 is 2.63 bits per heavy atom. The van der Waals surface area contributed by atoms with E-state index in [1.54, 1.807) is 0 Å². The van der Waals surface area contributed by atoms with Crippen LogP contribution in [0.2, 0.25) is 0 Å². The molecule has 0 saturated carbocycles. The molecule has 0 saturated heterocycles. The number of carbonyl (C=O) groups excluding carboxylic acids is 1. The first-order valence-corrected chi connectivity index (χ1v) is 6.77. The molecule has 19 heavy (non-hydrogen) atoms. The van der Waals surface area contributed by atoms with Crippen LogP contribution in [0.15, 0.2) is 18.2 Å². The number of unbranched alkanes of at least 4 members (excludes halogenated alkanes) is 1. The molecule has 0 fully saturated rings. The summed E-state index contributed by atoms with van der Waals surface area (Å²) in [6, 6.07) is 6.17. The minimum atomic E-state index is -0.441. The van der Waals surface area contributed by atoms with Gasteiger partial charge in [0.15, 0.2) is 0 Å². The smallest absolute Gasteiger partial charge is 0.312 e. The summed E-state index contributed by atoms with van der Waals surface area (Å²) in [5.74, 6) is 0. The summed E-state index contributed by atoms with van der Waals surface area (Å²) in [4.78, 5) is 12.8. The second kappa shape index (κ2) is 7.79. The fourth-order valence-electron chi connectivity index (χ4n) is 2.01. The molecule has 0 radical (unpaired) electrons. The van der Waals surface area contributed by atoms with Crippen LogP contribution in [0.25, 0.3) is 0 Å². The molecule has 3 N–H and O–H groups in total. The van der Waals surface area contributed by atoms with Gasteiger partial charge in [0, 0.05) is 13.1 Å². The van der Waals surface area contributed by atoms with Crippen LogP contribution >= 0.6 is 0 Å². The minimum absolute atomic E-state index is 0.441. The Kier molecular flexibility index (Phi) is 6.36. The van der Waals surface area contributed by atoms with Crippen LogP contribution in [0.5, 0.6) is 0 Å². The zero-order valence-electron chi connectivity index (χ0n) is 12.2. The largest absolute Gasteiger partial charge is 0.352 e. The average molecular weight is 263 g/mol. The van der Waals surface area contributed by atoms with E-state index in [0.29, 0.717) is 6.54 Å². The molecule has 4 heteroatoms. The maximum absolute atomic E-state index is 10.5. The van der Waals surface area contributed by atoms with Gasteiger partial charge in [-0.2, -0.15) is 0 Å². The summed E-state index contributed by atoms with van der Waals surface area (Å²) >= 11 is 0. The number of benzene rings is 1. The Balaban J connectivity index is 2.25. The second-order valence-corrected chi connectivity index (χ2v) is 5.15. The van der Waals surface area contributed by atoms with Crippen molar-refractivity contribution >= 4 is 6.03 Å². The molecule has 1 aromatic rings. The molecular formula is C15H25N3O. The molecule has 1 aromatic carbocycles. The summed E-state index contributed by atoms with van der Waals surface area (Å²) < 4.78 is 0. The van der Waals surface area contributed by atoms with Crippen molar-refractivity contribution in [1.82, 2.24) is 10.2 Å². The summed E-state index contributed by atoms with van der Waals surface area (Å²) in [5, 5.41) is 2.60. The zero-order chi connectivity index (χ0) is 14.3. The van der Waals surface area contributed by atoms with Crippen molar-refractivity contribution in [2.24, 2.45) is 5.73 Å². The standard InChI is InChI=1S/C15H25N3O/c1-12-6-7-14(10-13(12)2)11-18(3)9-5-4-8-17-15(16)19/h6-7,10H,4-5,8-9,11H2,1-3H3,(H3,16,17,19). The number of aryl methyl sites for hydroxylation is 2. The van der Waals surface area contributed by atoms with Crippen molar-refractivity contribution in [3.8, 4) is 0 Å². The number of amides is 2. The lowest BCUT2D eigenvalue weighted by Gasteiger charge is -2.17. The first-order chi connectivity index (χ1) is 8.99. The van der Waals surface area contributed by atoms with Crippen molar-refractivity contribution < 1.29 is 4.79 Å². The fraction of sp³-hybridized carbons (Fsp3) is 0.533. The van der Waals surface area contributed by atoms with Crippen molar-refractivity contribution in [3.05, 3.63) is 34.9 Å². The van der Waals surface area contributed by atoms with Crippen molar-refractivity contribution in [3.63, 3.8) is 0 Å². The molecular weight excluding hydrogens is 238 g/mol. The van der Waals surface area contributed by atoms with Gasteiger partial charge in [-0.25, -0.2) is 4.79 Å². The van der Waals surface area contributed by atoms with Crippen molar-refractivity contribution in [2.45, 2.75) is 33.2 Å². The van der Waals surface area contributed by atoms with E-state index in [1.807, 2.05) is 0 Å². The predicted molar refractivity (Wildman–Crippen MR) is 79.1 cm³/mol. The molecule has 4 nitrogen and oxygen atoms in total. The van der Waals surface area contributed by atoms with E-state index in [4.69, 9.17) is 5.73 Å². The van der Waals surface area contributed by atoms with E-state index in [0.717, 1.165) is 25.9 Å². The molecule has 0 atom stereocenters. The Morgan fingerprint density at radius 2 is 2.00 bits per heavy atom. The molecule has 0 aromatic heterocycles. The number of nitrogens with two attached hydrogens (primary N) is 1. The van der Waals surface area contributed by atoms with Crippen LogP contribution < -0.4 is 11.1 Å². The SMILES string of the molecule is Cc1ccc(CN(C)CCCCNC(N)=O)cc1C. The van der Waals surface area contributed by atoms with Gasteiger partial charge in [-0.15, -0.1) is 0 Å². The maximum atomic E-state index is 10.5. The average Bonchev–Trinajstić information content (AvgIpc) is 2.33. The highest BCUT2D eigenvalue weighted by molar-refractivity contribution is 5.71. The maximum Gasteiger partial charge on any atom is 0.312 e. The summed E-state index contributed by atoms with van der Waals surface area (Å²) in [6.07, 6.45) is 2.02. The van der Waals surface area contributed by atoms with Gasteiger partial charge in [-0.05, 0) is 57.0 Å². The van der Waals surface area contributed by atoms with E-state index < -0.39 is 6.03 Å². The Hall–Kier alpha value is -1.55. The highest BCUT2D eigenvalue weighted by Crippen LogP contribution is 2.11. The van der Waals surface area contributed by atoms with Gasteiger partial charge in [0.2, 0.25) is 0 Å². The Bertz CT molecular complexity index is 418. The van der Waals surface area contributed by atoms with Gasteiger partial charge >= 0.3 is 6.03 Å². The number of nitrogens with zero attached hydrogens (tertiary/aromatic N) is 1. The number of rotatable bonds is 7. The van der Waals surface area contributed by atoms with Crippen LogP contribution in [0.1, 0.15) is 29.5 Å². The third kappa shape index (κ3) is 6.25. The first kappa shape index (κ1) is 15.5. The minimum Gasteiger partial charge on any atom is -0.352 e. The number of carbonyl (C=O) groups is 1. The van der Waals surface area contributed by atoms with Crippen LogP contribution in [0.4, 0.5) is 4.79 Å². The molecule has 1 rings (SSSR count). The van der Waals surface area contributed by atoms with E-state index in [9.17, 15) is 4.79 Å². The lowest BCUT2D eigenvalue weighted by molar-refractivity contribution is 0.248. The fourth-order valence-corrected chi connectivity index (χ4v) is 2.01. The van der Waals surface area contributed by atoms with Crippen LogP contribution in [0, 0.1) is 13.8 Å². The quantitative estimate of drug-likeness (QED) is 0.741. The zero-order valence-corrected chi connectivity index (χ0v) is 12.2. The highest BCUT2D eigenvalue weighted by Gasteiger charge is 2.02. The van der Waals surface area contributed by atoms with E-state index >= 15 is 0 Å². The van der Waals surface area contributed by atoms with E-state index in [2.05, 4.69) is 49.3 Å². The van der Waals surface area contributed by atoms with Crippen LogP contribution in [-0.2, 0) is 6.54 Å². The van der Waals surface area contributed by atoms with Gasteiger partial charge in [-0.1, -0.05) is 18.2 Å². The van der Waals surface area contributed by atoms with Crippen molar-refractivity contribution in [2.75, 3.05) is 20.1 Å². The van der Waals surface area contributed by atoms with Gasteiger partial charge in [-0.3, -0.25) is 0 Å². The van der Waals surface area contributed by atoms with E-state index in [-0.39, 0.29) is 0 Å². The van der Waals surface area contributed by atoms with Crippen LogP contribution in [0.3, 0.4) is 0 Å². The molecule has 0 aliphatic carbocycles. The summed E-state index contributed by atoms with van der Waals surface area (Å²) in [5.41, 5.74) is 9.03. The Morgan fingerprint density at radius 1 is 1.26 bits per heavy atom. The lowest BCUT2D eigenvalue weighted by Crippen LogP contribution is -2.30. The topological polar surface area (TPSA) is 58.4 Å². The molecule has 0 aliphatic rings. The van der Waals surface area contributed by atoms with Gasteiger partial charge in [0.25, 0.3) is 0 Å². The number of hydrogen-bond acceptors (Lipinski definition) is 2. The third-order valence-corrected chi connectivity index (χ3v) is 3.29. The molecule has 2 amide bonds.